The molecule has 1 aliphatic heterocycles. The molecule has 1 aliphatic rings. The number of benzene rings is 1. The Balaban J connectivity index is 1.89. The predicted molar refractivity (Wildman–Crippen MR) is 81.1 cm³/mol. The summed E-state index contributed by atoms with van der Waals surface area (Å²) in [4.78, 5) is 6.60. The number of hydrogen-bond donors (Lipinski definition) is 1. The van der Waals surface area contributed by atoms with Crippen LogP contribution in [0.25, 0.3) is 0 Å². The van der Waals surface area contributed by atoms with Crippen molar-refractivity contribution in [1.29, 1.82) is 0 Å². The zero-order valence-corrected chi connectivity index (χ0v) is 12.0. The molecule has 2 aromatic rings. The zero-order chi connectivity index (χ0) is 14.7. The molecule has 3 nitrogen and oxygen atoms in total. The summed E-state index contributed by atoms with van der Waals surface area (Å²) in [5.41, 5.74) is 8.16. The van der Waals surface area contributed by atoms with Crippen LogP contribution in [0.2, 0.25) is 0 Å². The zero-order valence-electron chi connectivity index (χ0n) is 12.0. The second kappa shape index (κ2) is 6.33. The number of nitrogens with two attached hydrogens (primary N) is 1. The van der Waals surface area contributed by atoms with E-state index in [0.717, 1.165) is 24.9 Å². The van der Waals surface area contributed by atoms with Crippen molar-refractivity contribution in [1.82, 2.24) is 9.88 Å². The van der Waals surface area contributed by atoms with Gasteiger partial charge in [-0.1, -0.05) is 18.2 Å². The first-order valence-corrected chi connectivity index (χ1v) is 7.41. The summed E-state index contributed by atoms with van der Waals surface area (Å²) in [7, 11) is 0. The van der Waals surface area contributed by atoms with Gasteiger partial charge in [0.2, 0.25) is 0 Å². The van der Waals surface area contributed by atoms with E-state index in [9.17, 15) is 4.39 Å². The van der Waals surface area contributed by atoms with Crippen molar-refractivity contribution in [2.75, 3.05) is 13.1 Å². The van der Waals surface area contributed by atoms with Crippen molar-refractivity contribution < 1.29 is 4.39 Å². The lowest BCUT2D eigenvalue weighted by atomic mass is 10.0. The Hall–Kier alpha value is -1.78. The van der Waals surface area contributed by atoms with Crippen LogP contribution in [0.3, 0.4) is 0 Å². The molecule has 0 radical (unpaired) electrons. The number of hydrogen-bond acceptors (Lipinski definition) is 3. The van der Waals surface area contributed by atoms with E-state index in [2.05, 4.69) is 16.0 Å². The van der Waals surface area contributed by atoms with Gasteiger partial charge in [0.1, 0.15) is 5.82 Å². The minimum atomic E-state index is -0.205. The molecule has 1 saturated heterocycles. The molecule has 2 unspecified atom stereocenters. The third-order valence-corrected chi connectivity index (χ3v) is 4.22. The van der Waals surface area contributed by atoms with E-state index in [0.29, 0.717) is 12.6 Å². The van der Waals surface area contributed by atoms with Crippen LogP contribution in [0.4, 0.5) is 4.39 Å². The lowest BCUT2D eigenvalue weighted by Crippen LogP contribution is -2.33. The Labute approximate surface area is 124 Å². The highest BCUT2D eigenvalue weighted by Gasteiger charge is 2.32. The normalized spacial score (nSPS) is 20.6. The van der Waals surface area contributed by atoms with Crippen LogP contribution >= 0.6 is 0 Å². The average molecular weight is 285 g/mol. The molecule has 1 aromatic heterocycles. The van der Waals surface area contributed by atoms with Crippen LogP contribution < -0.4 is 5.73 Å². The van der Waals surface area contributed by atoms with Crippen molar-refractivity contribution in [3.8, 4) is 0 Å². The molecule has 1 fully saturated rings. The van der Waals surface area contributed by atoms with E-state index in [1.54, 1.807) is 18.3 Å². The maximum absolute atomic E-state index is 13.5. The van der Waals surface area contributed by atoms with Gasteiger partial charge in [0.15, 0.2) is 0 Å². The maximum Gasteiger partial charge on any atom is 0.123 e. The Morgan fingerprint density at radius 1 is 1.33 bits per heavy atom. The van der Waals surface area contributed by atoms with Gasteiger partial charge in [-0.15, -0.1) is 0 Å². The first-order valence-electron chi connectivity index (χ1n) is 7.41. The highest BCUT2D eigenvalue weighted by Crippen LogP contribution is 2.38. The molecular formula is C17H20FN3. The molecule has 3 rings (SSSR count). The Morgan fingerprint density at radius 3 is 2.95 bits per heavy atom. The van der Waals surface area contributed by atoms with Gasteiger partial charge in [-0.3, -0.25) is 9.88 Å². The first kappa shape index (κ1) is 14.2. The van der Waals surface area contributed by atoms with Crippen molar-refractivity contribution in [2.45, 2.75) is 24.9 Å². The second-order valence-electron chi connectivity index (χ2n) is 5.49. The molecule has 2 atom stereocenters. The molecular weight excluding hydrogens is 265 g/mol. The highest BCUT2D eigenvalue weighted by atomic mass is 19.1. The van der Waals surface area contributed by atoms with Crippen LogP contribution in [-0.4, -0.2) is 23.0 Å². The van der Waals surface area contributed by atoms with E-state index < -0.39 is 0 Å². The summed E-state index contributed by atoms with van der Waals surface area (Å²) < 4.78 is 13.5. The largest absolute Gasteiger partial charge is 0.329 e. The van der Waals surface area contributed by atoms with E-state index in [-0.39, 0.29) is 11.9 Å². The molecule has 1 aromatic carbocycles. The van der Waals surface area contributed by atoms with Gasteiger partial charge in [0.25, 0.3) is 0 Å². The van der Waals surface area contributed by atoms with Gasteiger partial charge in [-0.25, -0.2) is 4.39 Å². The molecule has 0 aliphatic carbocycles. The molecule has 0 saturated carbocycles. The van der Waals surface area contributed by atoms with Crippen LogP contribution in [0.5, 0.6) is 0 Å². The summed E-state index contributed by atoms with van der Waals surface area (Å²) in [5, 5.41) is 0. The van der Waals surface area contributed by atoms with Gasteiger partial charge >= 0.3 is 0 Å². The van der Waals surface area contributed by atoms with Gasteiger partial charge in [-0.05, 0) is 48.7 Å². The summed E-state index contributed by atoms with van der Waals surface area (Å²) >= 11 is 0. The third-order valence-electron chi connectivity index (χ3n) is 4.22. The van der Waals surface area contributed by atoms with Gasteiger partial charge < -0.3 is 5.73 Å². The standard InChI is InChI=1S/C17H20FN3/c18-15-6-1-4-13(10-15)17(11-19)21-9-3-7-16(21)14-5-2-8-20-12-14/h1-2,4-6,8,10,12,16-17H,3,7,9,11,19H2. The molecule has 0 amide bonds. The van der Waals surface area contributed by atoms with Gasteiger partial charge in [0, 0.05) is 31.0 Å². The molecule has 21 heavy (non-hydrogen) atoms. The van der Waals surface area contributed by atoms with Crippen molar-refractivity contribution in [3.63, 3.8) is 0 Å². The Morgan fingerprint density at radius 2 is 2.24 bits per heavy atom. The second-order valence-corrected chi connectivity index (χ2v) is 5.49. The molecule has 110 valence electrons. The third kappa shape index (κ3) is 2.96. The molecule has 4 heteroatoms. The molecule has 2 heterocycles. The smallest absolute Gasteiger partial charge is 0.123 e. The fourth-order valence-corrected chi connectivity index (χ4v) is 3.27. The Kier molecular flexibility index (Phi) is 4.27. The quantitative estimate of drug-likeness (QED) is 0.938. The average Bonchev–Trinajstić information content (AvgIpc) is 2.98. The monoisotopic (exact) mass is 285 g/mol. The summed E-state index contributed by atoms with van der Waals surface area (Å²) in [5.74, 6) is -0.205. The summed E-state index contributed by atoms with van der Waals surface area (Å²) in [6, 6.07) is 11.2. The number of aromatic nitrogens is 1. The lowest BCUT2D eigenvalue weighted by molar-refractivity contribution is 0.185. The van der Waals surface area contributed by atoms with Gasteiger partial charge in [-0.2, -0.15) is 0 Å². The summed E-state index contributed by atoms with van der Waals surface area (Å²) in [6.07, 6.45) is 5.93. The van der Waals surface area contributed by atoms with E-state index in [1.165, 1.54) is 11.6 Å². The minimum absolute atomic E-state index is 0.0495. The maximum atomic E-state index is 13.5. The number of halogens is 1. The van der Waals surface area contributed by atoms with E-state index in [1.807, 2.05) is 18.3 Å². The number of rotatable bonds is 4. The number of likely N-dealkylation sites (tertiary alicyclic amines) is 1. The van der Waals surface area contributed by atoms with Crippen LogP contribution in [-0.2, 0) is 0 Å². The fraction of sp³-hybridized carbons (Fsp3) is 0.353. The highest BCUT2D eigenvalue weighted by molar-refractivity contribution is 5.23. The molecule has 0 bridgehead atoms. The Bertz CT molecular complexity index is 588. The molecule has 0 spiro atoms. The van der Waals surface area contributed by atoms with Crippen molar-refractivity contribution >= 4 is 0 Å². The van der Waals surface area contributed by atoms with E-state index >= 15 is 0 Å². The van der Waals surface area contributed by atoms with Crippen LogP contribution in [0.1, 0.15) is 36.1 Å². The SMILES string of the molecule is NCC(c1cccc(F)c1)N1CCCC1c1cccnc1. The first-order chi connectivity index (χ1) is 10.3. The van der Waals surface area contributed by atoms with Crippen LogP contribution in [0.15, 0.2) is 48.8 Å². The van der Waals surface area contributed by atoms with Crippen molar-refractivity contribution in [2.24, 2.45) is 5.73 Å². The fourth-order valence-electron chi connectivity index (χ4n) is 3.27. The van der Waals surface area contributed by atoms with E-state index in [4.69, 9.17) is 5.73 Å². The minimum Gasteiger partial charge on any atom is -0.329 e. The lowest BCUT2D eigenvalue weighted by Gasteiger charge is -2.32. The summed E-state index contributed by atoms with van der Waals surface area (Å²) in [6.45, 7) is 1.47. The molecule has 2 N–H and O–H groups in total. The topological polar surface area (TPSA) is 42.1 Å². The number of nitrogens with zero attached hydrogens (tertiary/aromatic N) is 2. The number of pyridine rings is 1. The predicted octanol–water partition coefficient (Wildman–Crippen LogP) is 3.06. The van der Waals surface area contributed by atoms with Crippen molar-refractivity contribution in [3.05, 3.63) is 65.7 Å². The van der Waals surface area contributed by atoms with Gasteiger partial charge in [0.05, 0.1) is 0 Å². The van der Waals surface area contributed by atoms with Crippen LogP contribution in [0, 0.1) is 5.82 Å².